The number of unbranched alkanes of at least 4 members (excludes halogenated alkanes) is 49. The van der Waals surface area contributed by atoms with Crippen molar-refractivity contribution in [2.24, 2.45) is 11.8 Å². The lowest BCUT2D eigenvalue weighted by Crippen LogP contribution is -2.30. The summed E-state index contributed by atoms with van der Waals surface area (Å²) in [5.41, 5.74) is 0. The van der Waals surface area contributed by atoms with Gasteiger partial charge >= 0.3 is 39.5 Å². The second-order valence-electron chi connectivity index (χ2n) is 29.9. The molecule has 3 N–H and O–H groups in total. The summed E-state index contributed by atoms with van der Waals surface area (Å²) in [6, 6.07) is 0. The van der Waals surface area contributed by atoms with E-state index < -0.39 is 97.5 Å². The van der Waals surface area contributed by atoms with Crippen LogP contribution in [0.25, 0.3) is 0 Å². The fourth-order valence-corrected chi connectivity index (χ4v) is 14.1. The summed E-state index contributed by atoms with van der Waals surface area (Å²) in [6.45, 7) is 9.66. The van der Waals surface area contributed by atoms with Crippen LogP contribution < -0.4 is 0 Å². The van der Waals surface area contributed by atoms with Gasteiger partial charge in [-0.25, -0.2) is 9.13 Å². The Labute approximate surface area is 613 Å². The first kappa shape index (κ1) is 98.1. The van der Waals surface area contributed by atoms with E-state index in [9.17, 15) is 43.2 Å². The number of aliphatic hydroxyl groups excluding tert-OH is 1. The zero-order valence-electron chi connectivity index (χ0n) is 65.5. The Morgan fingerprint density at radius 1 is 0.290 bits per heavy atom. The lowest BCUT2D eigenvalue weighted by molar-refractivity contribution is -0.161. The number of esters is 4. The van der Waals surface area contributed by atoms with Crippen LogP contribution in [0.5, 0.6) is 0 Å². The van der Waals surface area contributed by atoms with Crippen molar-refractivity contribution in [1.82, 2.24) is 0 Å². The predicted octanol–water partition coefficient (Wildman–Crippen LogP) is 24.3. The van der Waals surface area contributed by atoms with E-state index in [2.05, 4.69) is 41.5 Å². The standard InChI is InChI=1S/C81H158O17P2/c1-7-10-12-14-16-18-20-22-23-24-25-26-27-31-36-40-48-54-60-66-81(86)97-76(69-91-78(83)63-57-51-45-38-34-32-28-30-33-37-43-49-55-61-73(4)5)71-95-99(87,88)93-67-75(82)68-94-100(89,90)96-72-77(70-92-79(84)64-58-52-46-42-41-44-50-56-62-74(6)9-3)98-80(85)65-59-53-47-39-35-29-21-19-17-15-13-11-8-2/h73-77,82H,7-72H2,1-6H3,(H,87,88)(H,89,90)/t74?,75-,76-,77-/m1/s1. The molecule has 0 saturated heterocycles. The molecule has 0 aromatic carbocycles. The maximum atomic E-state index is 13.1. The van der Waals surface area contributed by atoms with Crippen LogP contribution in [0.2, 0.25) is 0 Å². The van der Waals surface area contributed by atoms with Crippen LogP contribution in [-0.2, 0) is 65.4 Å². The van der Waals surface area contributed by atoms with Crippen LogP contribution in [0.15, 0.2) is 0 Å². The second-order valence-corrected chi connectivity index (χ2v) is 32.8. The molecule has 0 fully saturated rings. The second kappa shape index (κ2) is 72.6. The number of aliphatic hydroxyl groups is 1. The molecular formula is C81H158O17P2. The van der Waals surface area contributed by atoms with Gasteiger partial charge in [0.05, 0.1) is 26.4 Å². The van der Waals surface area contributed by atoms with Crippen molar-refractivity contribution >= 4 is 39.5 Å². The van der Waals surface area contributed by atoms with Gasteiger partial charge in [0.1, 0.15) is 19.3 Å². The van der Waals surface area contributed by atoms with E-state index >= 15 is 0 Å². The van der Waals surface area contributed by atoms with Gasteiger partial charge < -0.3 is 33.8 Å². The largest absolute Gasteiger partial charge is 0.472 e. The molecule has 0 saturated carbocycles. The first-order valence-corrected chi connectivity index (χ1v) is 45.0. The number of phosphoric ester groups is 2. The van der Waals surface area contributed by atoms with Crippen molar-refractivity contribution in [3.63, 3.8) is 0 Å². The average Bonchev–Trinajstić information content (AvgIpc) is 0.918. The number of carbonyl (C=O) groups excluding carboxylic acids is 4. The summed E-state index contributed by atoms with van der Waals surface area (Å²) in [5, 5.41) is 10.6. The molecule has 100 heavy (non-hydrogen) atoms. The zero-order valence-corrected chi connectivity index (χ0v) is 67.3. The summed E-state index contributed by atoms with van der Waals surface area (Å²) in [4.78, 5) is 73.1. The van der Waals surface area contributed by atoms with Crippen LogP contribution >= 0.6 is 15.6 Å². The smallest absolute Gasteiger partial charge is 0.462 e. The first-order valence-electron chi connectivity index (χ1n) is 42.0. The molecule has 0 aliphatic rings. The minimum absolute atomic E-state index is 0.107. The van der Waals surface area contributed by atoms with E-state index in [1.165, 1.54) is 244 Å². The van der Waals surface area contributed by atoms with Gasteiger partial charge in [-0.05, 0) is 37.5 Å². The van der Waals surface area contributed by atoms with Gasteiger partial charge in [0.2, 0.25) is 0 Å². The van der Waals surface area contributed by atoms with Crippen LogP contribution in [0.1, 0.15) is 427 Å². The molecule has 0 heterocycles. The van der Waals surface area contributed by atoms with Crippen molar-refractivity contribution in [3.05, 3.63) is 0 Å². The van der Waals surface area contributed by atoms with Crippen LogP contribution in [0.3, 0.4) is 0 Å². The van der Waals surface area contributed by atoms with Crippen LogP contribution in [0.4, 0.5) is 0 Å². The summed E-state index contributed by atoms with van der Waals surface area (Å²) >= 11 is 0. The monoisotopic (exact) mass is 1470 g/mol. The summed E-state index contributed by atoms with van der Waals surface area (Å²) in [6.07, 6.45) is 62.3. The van der Waals surface area contributed by atoms with E-state index in [0.717, 1.165) is 102 Å². The maximum absolute atomic E-state index is 13.1. The molecular weight excluding hydrogens is 1310 g/mol. The number of phosphoric acid groups is 2. The van der Waals surface area contributed by atoms with Gasteiger partial charge in [0.25, 0.3) is 0 Å². The zero-order chi connectivity index (χ0) is 73.5. The van der Waals surface area contributed by atoms with Crippen molar-refractivity contribution in [1.29, 1.82) is 0 Å². The Morgan fingerprint density at radius 3 is 0.760 bits per heavy atom. The maximum Gasteiger partial charge on any atom is 0.472 e. The minimum Gasteiger partial charge on any atom is -0.462 e. The van der Waals surface area contributed by atoms with Crippen LogP contribution in [-0.4, -0.2) is 96.7 Å². The molecule has 17 nitrogen and oxygen atoms in total. The number of hydrogen-bond donors (Lipinski definition) is 3. The molecule has 6 atom stereocenters. The molecule has 0 aromatic rings. The summed E-state index contributed by atoms with van der Waals surface area (Å²) < 4.78 is 68.7. The van der Waals surface area contributed by atoms with Gasteiger partial charge in [-0.2, -0.15) is 0 Å². The Balaban J connectivity index is 5.26. The molecule has 19 heteroatoms. The fraction of sp³-hybridized carbons (Fsp3) is 0.951. The van der Waals surface area contributed by atoms with E-state index in [4.69, 9.17) is 37.0 Å². The Hall–Kier alpha value is -1.94. The van der Waals surface area contributed by atoms with Gasteiger partial charge in [-0.3, -0.25) is 37.3 Å². The summed E-state index contributed by atoms with van der Waals surface area (Å²) in [7, 11) is -9.92. The van der Waals surface area contributed by atoms with Gasteiger partial charge in [0.15, 0.2) is 12.2 Å². The van der Waals surface area contributed by atoms with E-state index in [0.29, 0.717) is 25.7 Å². The highest BCUT2D eigenvalue weighted by Gasteiger charge is 2.30. The normalized spacial score (nSPS) is 14.2. The Kier molecular flexibility index (Phi) is 71.2. The highest BCUT2D eigenvalue weighted by Crippen LogP contribution is 2.45. The number of hydrogen-bond acceptors (Lipinski definition) is 15. The van der Waals surface area contributed by atoms with Crippen molar-refractivity contribution in [3.8, 4) is 0 Å². The van der Waals surface area contributed by atoms with Crippen LogP contribution in [0, 0.1) is 11.8 Å². The van der Waals surface area contributed by atoms with E-state index in [1.807, 2.05) is 0 Å². The molecule has 0 radical (unpaired) electrons. The molecule has 0 aromatic heterocycles. The molecule has 3 unspecified atom stereocenters. The lowest BCUT2D eigenvalue weighted by atomic mass is 9.99. The molecule has 0 aliphatic heterocycles. The van der Waals surface area contributed by atoms with E-state index in [1.54, 1.807) is 0 Å². The third-order valence-corrected chi connectivity index (χ3v) is 21.2. The average molecular weight is 1470 g/mol. The minimum atomic E-state index is -4.96. The molecule has 594 valence electrons. The highest BCUT2D eigenvalue weighted by atomic mass is 31.2. The molecule has 0 aliphatic carbocycles. The summed E-state index contributed by atoms with van der Waals surface area (Å²) in [5.74, 6) is -0.538. The molecule has 0 spiro atoms. The quantitative estimate of drug-likeness (QED) is 0.0222. The third kappa shape index (κ3) is 73.0. The first-order chi connectivity index (χ1) is 48.4. The predicted molar refractivity (Wildman–Crippen MR) is 409 cm³/mol. The highest BCUT2D eigenvalue weighted by molar-refractivity contribution is 7.47. The number of ether oxygens (including phenoxy) is 4. The van der Waals surface area contributed by atoms with E-state index in [-0.39, 0.29) is 25.7 Å². The number of carbonyl (C=O) groups is 4. The van der Waals surface area contributed by atoms with Crippen molar-refractivity contribution in [2.75, 3.05) is 39.6 Å². The number of rotatable bonds is 80. The van der Waals surface area contributed by atoms with Gasteiger partial charge in [0, 0.05) is 25.7 Å². The molecule has 0 rings (SSSR count). The van der Waals surface area contributed by atoms with Crippen molar-refractivity contribution in [2.45, 2.75) is 445 Å². The van der Waals surface area contributed by atoms with Gasteiger partial charge in [-0.15, -0.1) is 0 Å². The topological polar surface area (TPSA) is 237 Å². The Morgan fingerprint density at radius 2 is 0.510 bits per heavy atom. The molecule has 0 bridgehead atoms. The molecule has 0 amide bonds. The fourth-order valence-electron chi connectivity index (χ4n) is 12.5. The lowest BCUT2D eigenvalue weighted by Gasteiger charge is -2.21. The van der Waals surface area contributed by atoms with Gasteiger partial charge in [-0.1, -0.05) is 375 Å². The Bertz CT molecular complexity index is 1930. The third-order valence-electron chi connectivity index (χ3n) is 19.3. The van der Waals surface area contributed by atoms with Crippen molar-refractivity contribution < 1.29 is 80.2 Å². The SMILES string of the molecule is CCCCCCCCCCCCCCCCCCCCCC(=O)O[C@H](COC(=O)CCCCCCCCCCCCCCCC(C)C)COP(=O)(O)OC[C@@H](O)COP(=O)(O)OC[C@@H](COC(=O)CCCCCCCCCCC(C)CC)OC(=O)CCCCCCCCCCCCCCC.